The fourth-order valence-corrected chi connectivity index (χ4v) is 3.47. The third-order valence-electron chi connectivity index (χ3n) is 5.12. The molecule has 0 aliphatic rings. The monoisotopic (exact) mass is 448 g/mol. The molecule has 0 spiro atoms. The second kappa shape index (κ2) is 11.7. The van der Waals surface area contributed by atoms with Crippen LogP contribution >= 0.6 is 0 Å². The van der Waals surface area contributed by atoms with Gasteiger partial charge >= 0.3 is 5.97 Å². The summed E-state index contributed by atoms with van der Waals surface area (Å²) >= 11 is 0. The Hall–Kier alpha value is -3.79. The van der Waals surface area contributed by atoms with Crippen molar-refractivity contribution in [1.82, 2.24) is 4.57 Å². The first-order valence-corrected chi connectivity index (χ1v) is 11.1. The Bertz CT molecular complexity index is 1160. The molecule has 1 aromatic heterocycles. The van der Waals surface area contributed by atoms with Gasteiger partial charge in [-0.2, -0.15) is 5.26 Å². The van der Waals surface area contributed by atoms with Crippen molar-refractivity contribution in [3.8, 4) is 17.6 Å². The van der Waals surface area contributed by atoms with Gasteiger partial charge in [0.05, 0.1) is 31.3 Å². The van der Waals surface area contributed by atoms with Gasteiger partial charge < -0.3 is 18.8 Å². The van der Waals surface area contributed by atoms with Crippen LogP contribution in [0.2, 0.25) is 0 Å². The van der Waals surface area contributed by atoms with E-state index in [1.165, 1.54) is 0 Å². The van der Waals surface area contributed by atoms with Gasteiger partial charge in [-0.3, -0.25) is 4.79 Å². The predicted octanol–water partition coefficient (Wildman–Crippen LogP) is 5.17. The van der Waals surface area contributed by atoms with Gasteiger partial charge in [0.2, 0.25) is 5.78 Å². The summed E-state index contributed by atoms with van der Waals surface area (Å²) in [4.78, 5) is 25.5. The van der Waals surface area contributed by atoms with E-state index in [1.54, 1.807) is 24.4 Å². The summed E-state index contributed by atoms with van der Waals surface area (Å²) in [7, 11) is 0. The molecular formula is C26H28N2O5. The fourth-order valence-electron chi connectivity index (χ4n) is 3.47. The molecular weight excluding hydrogens is 420 g/mol. The number of esters is 1. The van der Waals surface area contributed by atoms with Crippen molar-refractivity contribution in [3.05, 3.63) is 59.8 Å². The molecule has 3 rings (SSSR count). The fraction of sp³-hybridized carbons (Fsp3) is 0.346. The van der Waals surface area contributed by atoms with Gasteiger partial charge in [-0.15, -0.1) is 0 Å². The molecule has 0 atom stereocenters. The summed E-state index contributed by atoms with van der Waals surface area (Å²) in [5.41, 5.74) is 1.61. The quantitative estimate of drug-likeness (QED) is 0.216. The van der Waals surface area contributed by atoms with Gasteiger partial charge in [0.25, 0.3) is 0 Å². The molecule has 0 saturated carbocycles. The highest BCUT2D eigenvalue weighted by Gasteiger charge is 2.18. The lowest BCUT2D eigenvalue weighted by Crippen LogP contribution is -2.14. The van der Waals surface area contributed by atoms with Gasteiger partial charge in [0, 0.05) is 29.2 Å². The number of hydrogen-bond acceptors (Lipinski definition) is 6. The number of unbranched alkanes of at least 4 members (excludes halogenated alkanes) is 1. The van der Waals surface area contributed by atoms with E-state index in [9.17, 15) is 9.59 Å². The first-order valence-electron chi connectivity index (χ1n) is 11.1. The molecule has 172 valence electrons. The van der Waals surface area contributed by atoms with Crippen LogP contribution in [-0.4, -0.2) is 36.1 Å². The number of aryl methyl sites for hydroxylation is 1. The number of fused-ring (bicyclic) bond motifs is 1. The highest BCUT2D eigenvalue weighted by Crippen LogP contribution is 2.29. The lowest BCUT2D eigenvalue weighted by Gasteiger charge is -2.13. The topological polar surface area (TPSA) is 90.5 Å². The Morgan fingerprint density at radius 2 is 1.88 bits per heavy atom. The molecule has 0 aliphatic carbocycles. The van der Waals surface area contributed by atoms with Crippen LogP contribution in [0.25, 0.3) is 10.9 Å². The van der Waals surface area contributed by atoms with Crippen molar-refractivity contribution in [3.63, 3.8) is 0 Å². The molecule has 0 fully saturated rings. The van der Waals surface area contributed by atoms with Crippen LogP contribution in [0.3, 0.4) is 0 Å². The molecule has 33 heavy (non-hydrogen) atoms. The van der Waals surface area contributed by atoms with Crippen LogP contribution < -0.4 is 9.47 Å². The van der Waals surface area contributed by atoms with Crippen molar-refractivity contribution < 1.29 is 23.8 Å². The Balaban J connectivity index is 1.71. The minimum absolute atomic E-state index is 0.283. The van der Waals surface area contributed by atoms with Crippen LogP contribution in [-0.2, 0) is 11.3 Å². The molecule has 7 heteroatoms. The molecule has 0 bridgehead atoms. The van der Waals surface area contributed by atoms with Crippen LogP contribution in [0, 0.1) is 11.3 Å². The summed E-state index contributed by atoms with van der Waals surface area (Å²) in [6, 6.07) is 14.4. The van der Waals surface area contributed by atoms with E-state index >= 15 is 0 Å². The summed E-state index contributed by atoms with van der Waals surface area (Å²) in [5.74, 6) is 0.121. The van der Waals surface area contributed by atoms with E-state index in [-0.39, 0.29) is 18.0 Å². The van der Waals surface area contributed by atoms with Crippen molar-refractivity contribution in [2.75, 3.05) is 19.8 Å². The number of benzene rings is 2. The molecule has 0 amide bonds. The number of rotatable bonds is 12. The molecule has 1 heterocycles. The SMILES string of the molecule is CCCCOc1ccc(C(=O)OCC(=O)c2cn(CCC#N)c3ccccc23)cc1OCC. The summed E-state index contributed by atoms with van der Waals surface area (Å²) in [6.45, 7) is 5.03. The van der Waals surface area contributed by atoms with E-state index in [1.807, 2.05) is 35.8 Å². The van der Waals surface area contributed by atoms with E-state index in [2.05, 4.69) is 13.0 Å². The van der Waals surface area contributed by atoms with E-state index < -0.39 is 5.97 Å². The highest BCUT2D eigenvalue weighted by molar-refractivity contribution is 6.09. The standard InChI is InChI=1S/C26H28N2O5/c1-3-5-15-32-24-12-11-19(16-25(24)31-4-2)26(30)33-18-23(29)21-17-28(14-8-13-27)22-10-7-6-9-20(21)22/h6-7,9-12,16-17H,3-5,8,14-15,18H2,1-2H3. The average molecular weight is 449 g/mol. The predicted molar refractivity (Wildman–Crippen MR) is 125 cm³/mol. The molecule has 3 aromatic rings. The number of ketones is 1. The first-order chi connectivity index (χ1) is 16.1. The second-order valence-corrected chi connectivity index (χ2v) is 7.46. The molecule has 0 radical (unpaired) electrons. The number of ether oxygens (including phenoxy) is 3. The summed E-state index contributed by atoms with van der Waals surface area (Å²) in [6.07, 6.45) is 3.99. The first kappa shape index (κ1) is 23.9. The number of nitriles is 1. The maximum Gasteiger partial charge on any atom is 0.338 e. The normalized spacial score (nSPS) is 10.6. The highest BCUT2D eigenvalue weighted by atomic mass is 16.5. The minimum atomic E-state index is -0.613. The number of aromatic nitrogens is 1. The third-order valence-corrected chi connectivity index (χ3v) is 5.12. The molecule has 0 saturated heterocycles. The van der Waals surface area contributed by atoms with Crippen molar-refractivity contribution >= 4 is 22.7 Å². The molecule has 0 aliphatic heterocycles. The summed E-state index contributed by atoms with van der Waals surface area (Å²) in [5, 5.41) is 9.66. The minimum Gasteiger partial charge on any atom is -0.490 e. The van der Waals surface area contributed by atoms with Crippen molar-refractivity contribution in [1.29, 1.82) is 5.26 Å². The largest absolute Gasteiger partial charge is 0.490 e. The number of para-hydroxylation sites is 1. The van der Waals surface area contributed by atoms with Crippen molar-refractivity contribution in [2.45, 2.75) is 39.7 Å². The number of carbonyl (C=O) groups excluding carboxylic acids is 2. The molecule has 0 unspecified atom stereocenters. The Morgan fingerprint density at radius 3 is 2.64 bits per heavy atom. The molecule has 0 N–H and O–H groups in total. The van der Waals surface area contributed by atoms with Crippen LogP contribution in [0.4, 0.5) is 0 Å². The third kappa shape index (κ3) is 5.92. The zero-order chi connectivity index (χ0) is 23.6. The van der Waals surface area contributed by atoms with Gasteiger partial charge in [-0.1, -0.05) is 31.5 Å². The van der Waals surface area contributed by atoms with Gasteiger partial charge in [-0.05, 0) is 37.6 Å². The maximum atomic E-state index is 12.9. The number of nitrogens with zero attached hydrogens (tertiary/aromatic N) is 2. The average Bonchev–Trinajstić information content (AvgIpc) is 3.21. The van der Waals surface area contributed by atoms with E-state index in [4.69, 9.17) is 19.5 Å². The second-order valence-electron chi connectivity index (χ2n) is 7.46. The van der Waals surface area contributed by atoms with Gasteiger partial charge in [0.15, 0.2) is 18.1 Å². The summed E-state index contributed by atoms with van der Waals surface area (Å²) < 4.78 is 18.5. The Morgan fingerprint density at radius 1 is 1.06 bits per heavy atom. The number of carbonyl (C=O) groups is 2. The zero-order valence-corrected chi connectivity index (χ0v) is 19.0. The maximum absolute atomic E-state index is 12.9. The van der Waals surface area contributed by atoms with Gasteiger partial charge in [-0.25, -0.2) is 4.79 Å². The van der Waals surface area contributed by atoms with Crippen LogP contribution in [0.5, 0.6) is 11.5 Å². The Labute approximate surface area is 193 Å². The van der Waals surface area contributed by atoms with Crippen LogP contribution in [0.1, 0.15) is 53.8 Å². The number of Topliss-reactive ketones (excluding diaryl/α,β-unsaturated/α-hetero) is 1. The van der Waals surface area contributed by atoms with E-state index in [0.29, 0.717) is 43.2 Å². The number of hydrogen-bond donors (Lipinski definition) is 0. The van der Waals surface area contributed by atoms with Gasteiger partial charge in [0.1, 0.15) is 0 Å². The molecule has 2 aromatic carbocycles. The Kier molecular flexibility index (Phi) is 8.48. The molecule has 7 nitrogen and oxygen atoms in total. The van der Waals surface area contributed by atoms with Crippen LogP contribution in [0.15, 0.2) is 48.7 Å². The smallest absolute Gasteiger partial charge is 0.338 e. The zero-order valence-electron chi connectivity index (χ0n) is 19.0. The van der Waals surface area contributed by atoms with Crippen molar-refractivity contribution in [2.24, 2.45) is 0 Å². The lowest BCUT2D eigenvalue weighted by molar-refractivity contribution is 0.0474. The lowest BCUT2D eigenvalue weighted by atomic mass is 10.1. The van der Waals surface area contributed by atoms with E-state index in [0.717, 1.165) is 23.7 Å².